The van der Waals surface area contributed by atoms with Crippen LogP contribution in [0.5, 0.6) is 0 Å². The Balaban J connectivity index is 1.99. The first-order chi connectivity index (χ1) is 7.66. The first-order valence-electron chi connectivity index (χ1n) is 5.73. The van der Waals surface area contributed by atoms with Crippen molar-refractivity contribution in [3.8, 4) is 0 Å². The molecule has 86 valence electrons. The summed E-state index contributed by atoms with van der Waals surface area (Å²) in [6, 6.07) is 7.93. The van der Waals surface area contributed by atoms with Gasteiger partial charge in [-0.3, -0.25) is 4.79 Å². The molecule has 0 bridgehead atoms. The molecule has 1 amide bonds. The van der Waals surface area contributed by atoms with Crippen LogP contribution < -0.4 is 5.32 Å². The highest BCUT2D eigenvalue weighted by Crippen LogP contribution is 2.32. The third-order valence-corrected chi connectivity index (χ3v) is 4.03. The van der Waals surface area contributed by atoms with Gasteiger partial charge in [0, 0.05) is 15.2 Å². The van der Waals surface area contributed by atoms with Gasteiger partial charge >= 0.3 is 0 Å². The van der Waals surface area contributed by atoms with E-state index in [0.717, 1.165) is 12.1 Å². The Kier molecular flexibility index (Phi) is 3.84. The summed E-state index contributed by atoms with van der Waals surface area (Å²) in [5.74, 6) is 0.925. The lowest BCUT2D eigenvalue weighted by molar-refractivity contribution is -0.120. The molecule has 1 fully saturated rings. The van der Waals surface area contributed by atoms with E-state index in [4.69, 9.17) is 0 Å². The summed E-state index contributed by atoms with van der Waals surface area (Å²) >= 11 is 2.26. The highest BCUT2D eigenvalue weighted by atomic mass is 127. The zero-order valence-corrected chi connectivity index (χ0v) is 11.5. The lowest BCUT2D eigenvalue weighted by Gasteiger charge is -2.15. The van der Waals surface area contributed by atoms with Crippen molar-refractivity contribution in [2.24, 2.45) is 11.8 Å². The van der Waals surface area contributed by atoms with Crippen LogP contribution in [-0.4, -0.2) is 5.91 Å². The molecule has 0 spiro atoms. The average Bonchev–Trinajstić information content (AvgIpc) is 2.68. The zero-order chi connectivity index (χ0) is 11.5. The SMILES string of the molecule is CC1CCCC1C(=O)Nc1ccc(I)cc1. The van der Waals surface area contributed by atoms with Gasteiger partial charge in [-0.15, -0.1) is 0 Å². The number of carbonyl (C=O) groups is 1. The molecule has 0 saturated heterocycles. The Labute approximate surface area is 110 Å². The van der Waals surface area contributed by atoms with Gasteiger partial charge in [-0.05, 0) is 65.6 Å². The summed E-state index contributed by atoms with van der Waals surface area (Å²) in [6.45, 7) is 2.17. The van der Waals surface area contributed by atoms with E-state index in [-0.39, 0.29) is 11.8 Å². The van der Waals surface area contributed by atoms with E-state index in [9.17, 15) is 4.79 Å². The van der Waals surface area contributed by atoms with Crippen LogP contribution in [0, 0.1) is 15.4 Å². The van der Waals surface area contributed by atoms with Gasteiger partial charge in [0.2, 0.25) is 5.91 Å². The van der Waals surface area contributed by atoms with Crippen LogP contribution in [0.15, 0.2) is 24.3 Å². The van der Waals surface area contributed by atoms with E-state index < -0.39 is 0 Å². The fourth-order valence-corrected chi connectivity index (χ4v) is 2.66. The predicted molar refractivity (Wildman–Crippen MR) is 74.3 cm³/mol. The monoisotopic (exact) mass is 329 g/mol. The van der Waals surface area contributed by atoms with Crippen LogP contribution in [0.25, 0.3) is 0 Å². The first kappa shape index (κ1) is 11.9. The molecule has 3 heteroatoms. The average molecular weight is 329 g/mol. The molecule has 1 aliphatic rings. The van der Waals surface area contributed by atoms with Gasteiger partial charge in [0.25, 0.3) is 0 Å². The smallest absolute Gasteiger partial charge is 0.227 e. The second-order valence-corrected chi connectivity index (χ2v) is 5.76. The molecule has 0 heterocycles. The van der Waals surface area contributed by atoms with E-state index in [1.807, 2.05) is 24.3 Å². The Hall–Kier alpha value is -0.580. The first-order valence-corrected chi connectivity index (χ1v) is 6.81. The van der Waals surface area contributed by atoms with Crippen molar-refractivity contribution in [2.45, 2.75) is 26.2 Å². The van der Waals surface area contributed by atoms with E-state index in [1.54, 1.807) is 0 Å². The second-order valence-electron chi connectivity index (χ2n) is 4.51. The summed E-state index contributed by atoms with van der Waals surface area (Å²) in [4.78, 5) is 12.0. The highest BCUT2D eigenvalue weighted by Gasteiger charge is 2.29. The number of hydrogen-bond donors (Lipinski definition) is 1. The van der Waals surface area contributed by atoms with E-state index in [1.165, 1.54) is 16.4 Å². The van der Waals surface area contributed by atoms with Crippen LogP contribution >= 0.6 is 22.6 Å². The fourth-order valence-electron chi connectivity index (χ4n) is 2.30. The molecule has 1 aromatic rings. The van der Waals surface area contributed by atoms with Crippen LogP contribution in [0.2, 0.25) is 0 Å². The number of halogens is 1. The topological polar surface area (TPSA) is 29.1 Å². The third-order valence-electron chi connectivity index (χ3n) is 3.31. The van der Waals surface area contributed by atoms with Gasteiger partial charge in [-0.2, -0.15) is 0 Å². The highest BCUT2D eigenvalue weighted by molar-refractivity contribution is 14.1. The van der Waals surface area contributed by atoms with Gasteiger partial charge in [0.05, 0.1) is 0 Å². The van der Waals surface area contributed by atoms with Gasteiger partial charge in [0.1, 0.15) is 0 Å². The standard InChI is InChI=1S/C13H16INO/c1-9-3-2-4-12(9)13(16)15-11-7-5-10(14)6-8-11/h5-9,12H,2-4H2,1H3,(H,15,16). The number of benzene rings is 1. The summed E-state index contributed by atoms with van der Waals surface area (Å²) in [7, 11) is 0. The van der Waals surface area contributed by atoms with Crippen LogP contribution in [-0.2, 0) is 4.79 Å². The van der Waals surface area contributed by atoms with Gasteiger partial charge in [0.15, 0.2) is 0 Å². The number of anilines is 1. The quantitative estimate of drug-likeness (QED) is 0.824. The van der Waals surface area contributed by atoms with E-state index in [0.29, 0.717) is 5.92 Å². The lowest BCUT2D eigenvalue weighted by Crippen LogP contribution is -2.24. The van der Waals surface area contributed by atoms with Crippen molar-refractivity contribution in [1.29, 1.82) is 0 Å². The van der Waals surface area contributed by atoms with E-state index in [2.05, 4.69) is 34.8 Å². The summed E-state index contributed by atoms with van der Waals surface area (Å²) in [5, 5.41) is 3.00. The minimum Gasteiger partial charge on any atom is -0.326 e. The maximum absolute atomic E-state index is 12.0. The third kappa shape index (κ3) is 2.75. The summed E-state index contributed by atoms with van der Waals surface area (Å²) in [5.41, 5.74) is 0.907. The zero-order valence-electron chi connectivity index (χ0n) is 9.37. The summed E-state index contributed by atoms with van der Waals surface area (Å²) < 4.78 is 1.19. The Bertz CT molecular complexity index is 374. The maximum atomic E-state index is 12.0. The molecule has 2 unspecified atom stereocenters. The number of hydrogen-bond acceptors (Lipinski definition) is 1. The summed E-state index contributed by atoms with van der Waals surface area (Å²) in [6.07, 6.45) is 3.41. The molecule has 0 aromatic heterocycles. The Morgan fingerprint density at radius 1 is 1.31 bits per heavy atom. The molecule has 2 rings (SSSR count). The minimum atomic E-state index is 0.186. The lowest BCUT2D eigenvalue weighted by atomic mass is 9.97. The van der Waals surface area contributed by atoms with Crippen LogP contribution in [0.1, 0.15) is 26.2 Å². The molecular formula is C13H16INO. The Morgan fingerprint density at radius 2 is 2.00 bits per heavy atom. The molecule has 2 atom stereocenters. The minimum absolute atomic E-state index is 0.186. The number of rotatable bonds is 2. The molecular weight excluding hydrogens is 313 g/mol. The molecule has 0 aliphatic heterocycles. The molecule has 1 aromatic carbocycles. The molecule has 1 aliphatic carbocycles. The molecule has 2 nitrogen and oxygen atoms in total. The Morgan fingerprint density at radius 3 is 2.56 bits per heavy atom. The number of carbonyl (C=O) groups excluding carboxylic acids is 1. The molecule has 16 heavy (non-hydrogen) atoms. The van der Waals surface area contributed by atoms with Crippen molar-refractivity contribution in [2.75, 3.05) is 5.32 Å². The molecule has 1 N–H and O–H groups in total. The van der Waals surface area contributed by atoms with Crippen molar-refractivity contribution in [3.05, 3.63) is 27.8 Å². The predicted octanol–water partition coefficient (Wildman–Crippen LogP) is 3.67. The molecule has 0 radical (unpaired) electrons. The van der Waals surface area contributed by atoms with Gasteiger partial charge in [-0.1, -0.05) is 13.3 Å². The van der Waals surface area contributed by atoms with Crippen molar-refractivity contribution in [1.82, 2.24) is 0 Å². The van der Waals surface area contributed by atoms with Gasteiger partial charge in [-0.25, -0.2) is 0 Å². The van der Waals surface area contributed by atoms with Crippen molar-refractivity contribution in [3.63, 3.8) is 0 Å². The number of nitrogens with one attached hydrogen (secondary N) is 1. The largest absolute Gasteiger partial charge is 0.326 e. The molecule has 1 saturated carbocycles. The number of amides is 1. The van der Waals surface area contributed by atoms with Gasteiger partial charge < -0.3 is 5.32 Å². The maximum Gasteiger partial charge on any atom is 0.227 e. The normalized spacial score (nSPS) is 24.4. The van der Waals surface area contributed by atoms with Crippen molar-refractivity contribution >= 4 is 34.2 Å². The second kappa shape index (κ2) is 5.17. The van der Waals surface area contributed by atoms with Crippen LogP contribution in [0.4, 0.5) is 5.69 Å². The fraction of sp³-hybridized carbons (Fsp3) is 0.462. The van der Waals surface area contributed by atoms with E-state index >= 15 is 0 Å². The van der Waals surface area contributed by atoms with Crippen LogP contribution in [0.3, 0.4) is 0 Å². The van der Waals surface area contributed by atoms with Crippen molar-refractivity contribution < 1.29 is 4.79 Å².